The molecule has 0 saturated heterocycles. The van der Waals surface area contributed by atoms with Gasteiger partial charge in [-0.3, -0.25) is 4.79 Å². The maximum absolute atomic E-state index is 11.9. The van der Waals surface area contributed by atoms with Gasteiger partial charge in [-0.1, -0.05) is 54.1 Å². The Morgan fingerprint density at radius 2 is 1.41 bits per heavy atom. The van der Waals surface area contributed by atoms with Crippen molar-refractivity contribution in [1.82, 2.24) is 5.32 Å². The fourth-order valence-electron chi connectivity index (χ4n) is 2.38. The maximum atomic E-state index is 11.9. The lowest BCUT2D eigenvalue weighted by Gasteiger charge is -2.09. The lowest BCUT2D eigenvalue weighted by atomic mass is 10.2. The molecule has 0 saturated carbocycles. The first-order chi connectivity index (χ1) is 13.2. The van der Waals surface area contributed by atoms with Crippen molar-refractivity contribution >= 4 is 17.5 Å². The molecular formula is C22H20ClNO3. The van der Waals surface area contributed by atoms with Crippen molar-refractivity contribution in [2.75, 3.05) is 6.61 Å². The molecule has 3 aromatic rings. The predicted molar refractivity (Wildman–Crippen MR) is 106 cm³/mol. The summed E-state index contributed by atoms with van der Waals surface area (Å²) in [4.78, 5) is 11.9. The SMILES string of the molecule is O=C(COc1ccc(OCc2ccccc2)cc1)NCc1ccc(Cl)cc1. The number of carbonyl (C=O) groups excluding carboxylic acids is 1. The summed E-state index contributed by atoms with van der Waals surface area (Å²) in [6.07, 6.45) is 0. The molecule has 0 bridgehead atoms. The number of ether oxygens (including phenoxy) is 2. The highest BCUT2D eigenvalue weighted by Crippen LogP contribution is 2.18. The van der Waals surface area contributed by atoms with E-state index in [9.17, 15) is 4.79 Å². The summed E-state index contributed by atoms with van der Waals surface area (Å²) in [5.74, 6) is 1.18. The van der Waals surface area contributed by atoms with E-state index in [2.05, 4.69) is 5.32 Å². The van der Waals surface area contributed by atoms with Crippen LogP contribution in [0.25, 0.3) is 0 Å². The van der Waals surface area contributed by atoms with Crippen LogP contribution in [0.4, 0.5) is 0 Å². The number of hydrogen-bond donors (Lipinski definition) is 1. The molecule has 3 rings (SSSR count). The minimum atomic E-state index is -0.186. The Hall–Kier alpha value is -2.98. The largest absolute Gasteiger partial charge is 0.489 e. The van der Waals surface area contributed by atoms with Crippen LogP contribution in [-0.4, -0.2) is 12.5 Å². The van der Waals surface area contributed by atoms with E-state index < -0.39 is 0 Å². The average Bonchev–Trinajstić information content (AvgIpc) is 2.72. The Balaban J connectivity index is 1.40. The van der Waals surface area contributed by atoms with Gasteiger partial charge in [-0.15, -0.1) is 0 Å². The second-order valence-corrected chi connectivity index (χ2v) is 6.37. The first-order valence-electron chi connectivity index (χ1n) is 8.60. The van der Waals surface area contributed by atoms with Gasteiger partial charge in [0, 0.05) is 11.6 Å². The average molecular weight is 382 g/mol. The van der Waals surface area contributed by atoms with Crippen molar-refractivity contribution in [2.45, 2.75) is 13.2 Å². The zero-order valence-electron chi connectivity index (χ0n) is 14.7. The van der Waals surface area contributed by atoms with Crippen molar-refractivity contribution in [3.63, 3.8) is 0 Å². The standard InChI is InChI=1S/C22H20ClNO3/c23-19-8-6-17(7-9-19)14-24-22(25)16-27-21-12-10-20(11-13-21)26-15-18-4-2-1-3-5-18/h1-13H,14-16H2,(H,24,25). The Labute approximate surface area is 163 Å². The van der Waals surface area contributed by atoms with Crippen molar-refractivity contribution < 1.29 is 14.3 Å². The first-order valence-corrected chi connectivity index (χ1v) is 8.97. The van der Waals surface area contributed by atoms with Crippen LogP contribution < -0.4 is 14.8 Å². The van der Waals surface area contributed by atoms with Crippen LogP contribution in [0.3, 0.4) is 0 Å². The number of hydrogen-bond acceptors (Lipinski definition) is 3. The number of amides is 1. The number of benzene rings is 3. The van der Waals surface area contributed by atoms with Gasteiger partial charge in [0.15, 0.2) is 6.61 Å². The van der Waals surface area contributed by atoms with E-state index in [-0.39, 0.29) is 12.5 Å². The van der Waals surface area contributed by atoms with Gasteiger partial charge in [0.05, 0.1) is 0 Å². The molecule has 3 aromatic carbocycles. The van der Waals surface area contributed by atoms with E-state index in [0.29, 0.717) is 23.9 Å². The van der Waals surface area contributed by atoms with Gasteiger partial charge < -0.3 is 14.8 Å². The highest BCUT2D eigenvalue weighted by atomic mass is 35.5. The van der Waals surface area contributed by atoms with Crippen molar-refractivity contribution in [3.05, 3.63) is 95.0 Å². The normalized spacial score (nSPS) is 10.3. The Kier molecular flexibility index (Phi) is 6.72. The Morgan fingerprint density at radius 1 is 0.778 bits per heavy atom. The zero-order valence-corrected chi connectivity index (χ0v) is 15.5. The molecule has 0 radical (unpaired) electrons. The molecule has 0 aliphatic heterocycles. The van der Waals surface area contributed by atoms with Crippen LogP contribution >= 0.6 is 11.6 Å². The Morgan fingerprint density at radius 3 is 2.07 bits per heavy atom. The second-order valence-electron chi connectivity index (χ2n) is 5.94. The molecule has 138 valence electrons. The molecule has 0 aliphatic rings. The molecule has 0 aliphatic carbocycles. The highest BCUT2D eigenvalue weighted by Gasteiger charge is 2.04. The molecule has 0 spiro atoms. The fraction of sp³-hybridized carbons (Fsp3) is 0.136. The van der Waals surface area contributed by atoms with Crippen LogP contribution in [0.1, 0.15) is 11.1 Å². The van der Waals surface area contributed by atoms with Gasteiger partial charge >= 0.3 is 0 Å². The van der Waals surface area contributed by atoms with Gasteiger partial charge in [0.25, 0.3) is 5.91 Å². The molecule has 1 N–H and O–H groups in total. The number of nitrogens with one attached hydrogen (secondary N) is 1. The fourth-order valence-corrected chi connectivity index (χ4v) is 2.50. The quantitative estimate of drug-likeness (QED) is 0.619. The monoisotopic (exact) mass is 381 g/mol. The zero-order chi connectivity index (χ0) is 18.9. The van der Waals surface area contributed by atoms with E-state index in [1.807, 2.05) is 54.6 Å². The Bertz CT molecular complexity index is 849. The summed E-state index contributed by atoms with van der Waals surface area (Å²) in [5, 5.41) is 3.48. The molecule has 0 atom stereocenters. The van der Waals surface area contributed by atoms with Crippen molar-refractivity contribution in [1.29, 1.82) is 0 Å². The summed E-state index contributed by atoms with van der Waals surface area (Å²) in [7, 11) is 0. The summed E-state index contributed by atoms with van der Waals surface area (Å²) >= 11 is 5.84. The molecule has 1 amide bonds. The van der Waals surface area contributed by atoms with Gasteiger partial charge in [-0.05, 0) is 47.5 Å². The van der Waals surface area contributed by atoms with Gasteiger partial charge in [0.2, 0.25) is 0 Å². The minimum absolute atomic E-state index is 0.0438. The molecule has 5 heteroatoms. The number of halogens is 1. The van der Waals surface area contributed by atoms with Gasteiger partial charge in [-0.2, -0.15) is 0 Å². The van der Waals surface area contributed by atoms with Crippen molar-refractivity contribution in [2.24, 2.45) is 0 Å². The summed E-state index contributed by atoms with van der Waals surface area (Å²) in [6, 6.07) is 24.5. The van der Waals surface area contributed by atoms with E-state index in [4.69, 9.17) is 21.1 Å². The lowest BCUT2D eigenvalue weighted by molar-refractivity contribution is -0.123. The van der Waals surface area contributed by atoms with E-state index >= 15 is 0 Å². The maximum Gasteiger partial charge on any atom is 0.258 e. The van der Waals surface area contributed by atoms with Crippen LogP contribution in [0, 0.1) is 0 Å². The first kappa shape index (κ1) is 18.8. The van der Waals surface area contributed by atoms with Crippen LogP contribution in [0.15, 0.2) is 78.9 Å². The third kappa shape index (κ3) is 6.35. The molecule has 0 heterocycles. The number of rotatable bonds is 8. The molecule has 27 heavy (non-hydrogen) atoms. The van der Waals surface area contributed by atoms with Crippen LogP contribution in [-0.2, 0) is 17.9 Å². The minimum Gasteiger partial charge on any atom is -0.489 e. The third-order valence-electron chi connectivity index (χ3n) is 3.84. The summed E-state index contributed by atoms with van der Waals surface area (Å²) in [6.45, 7) is 0.900. The molecule has 0 unspecified atom stereocenters. The van der Waals surface area contributed by atoms with Gasteiger partial charge in [0.1, 0.15) is 18.1 Å². The van der Waals surface area contributed by atoms with Crippen LogP contribution in [0.5, 0.6) is 11.5 Å². The molecule has 0 fully saturated rings. The summed E-state index contributed by atoms with van der Waals surface area (Å²) < 4.78 is 11.2. The third-order valence-corrected chi connectivity index (χ3v) is 4.10. The smallest absolute Gasteiger partial charge is 0.258 e. The molecule has 4 nitrogen and oxygen atoms in total. The highest BCUT2D eigenvalue weighted by molar-refractivity contribution is 6.30. The summed E-state index contributed by atoms with van der Waals surface area (Å²) in [5.41, 5.74) is 2.09. The van der Waals surface area contributed by atoms with Gasteiger partial charge in [-0.25, -0.2) is 0 Å². The van der Waals surface area contributed by atoms with E-state index in [1.165, 1.54) is 0 Å². The second kappa shape index (κ2) is 9.64. The molecule has 0 aromatic heterocycles. The number of carbonyl (C=O) groups is 1. The predicted octanol–water partition coefficient (Wildman–Crippen LogP) is 4.61. The van der Waals surface area contributed by atoms with Crippen LogP contribution in [0.2, 0.25) is 5.02 Å². The van der Waals surface area contributed by atoms with E-state index in [1.54, 1.807) is 24.3 Å². The van der Waals surface area contributed by atoms with Crippen molar-refractivity contribution in [3.8, 4) is 11.5 Å². The molecular weight excluding hydrogens is 362 g/mol. The topological polar surface area (TPSA) is 47.6 Å². The lowest BCUT2D eigenvalue weighted by Crippen LogP contribution is -2.28. The van der Waals surface area contributed by atoms with E-state index in [0.717, 1.165) is 16.9 Å².